The molecule has 1 aromatic heterocycles. The molecule has 1 aliphatic heterocycles. The highest BCUT2D eigenvalue weighted by Gasteiger charge is 2.31. The molecule has 2 atom stereocenters. The average Bonchev–Trinajstić information content (AvgIpc) is 2.83. The van der Waals surface area contributed by atoms with Crippen molar-refractivity contribution in [2.75, 3.05) is 12.3 Å². The second-order valence-corrected chi connectivity index (χ2v) is 4.86. The molecule has 0 amide bonds. The summed E-state index contributed by atoms with van der Waals surface area (Å²) in [5.74, 6) is 0.725. The molecule has 1 aliphatic rings. The average molecular weight is 289 g/mol. The molecule has 1 aromatic carbocycles. The summed E-state index contributed by atoms with van der Waals surface area (Å²) in [4.78, 5) is 11.2. The van der Waals surface area contributed by atoms with Gasteiger partial charge < -0.3 is 15.2 Å². The second-order valence-electron chi connectivity index (χ2n) is 4.86. The van der Waals surface area contributed by atoms with Crippen LogP contribution in [0.5, 0.6) is 5.75 Å². The van der Waals surface area contributed by atoms with E-state index in [4.69, 9.17) is 15.2 Å². The van der Waals surface area contributed by atoms with Crippen molar-refractivity contribution in [2.24, 2.45) is 0 Å². The molecule has 2 heterocycles. The highest BCUT2D eigenvalue weighted by molar-refractivity contribution is 5.73. The second kappa shape index (κ2) is 5.04. The van der Waals surface area contributed by atoms with Crippen LogP contribution < -0.4 is 10.5 Å². The van der Waals surface area contributed by atoms with Crippen LogP contribution in [0.3, 0.4) is 0 Å². The maximum atomic E-state index is 11.2. The van der Waals surface area contributed by atoms with Crippen LogP contribution in [0.15, 0.2) is 18.2 Å². The van der Waals surface area contributed by atoms with Gasteiger partial charge in [0.05, 0.1) is 11.3 Å². The summed E-state index contributed by atoms with van der Waals surface area (Å²) >= 11 is 0. The van der Waals surface area contributed by atoms with Crippen LogP contribution in [0, 0.1) is 0 Å². The Bertz CT molecular complexity index is 684. The van der Waals surface area contributed by atoms with Gasteiger partial charge in [0.15, 0.2) is 11.6 Å². The molecule has 0 bridgehead atoms. The van der Waals surface area contributed by atoms with E-state index in [0.717, 1.165) is 5.56 Å². The lowest BCUT2D eigenvalue weighted by atomic mass is 10.1. The predicted octanol–water partition coefficient (Wildman–Crippen LogP) is 0.807. The number of carbonyl (C=O) groups is 1. The Morgan fingerprint density at radius 1 is 1.57 bits per heavy atom. The Labute approximate surface area is 120 Å². The number of anilines is 1. The highest BCUT2D eigenvalue weighted by Crippen LogP contribution is 2.38. The molecule has 0 aliphatic carbocycles. The van der Waals surface area contributed by atoms with Gasteiger partial charge in [-0.15, -0.1) is 5.10 Å². The van der Waals surface area contributed by atoms with Gasteiger partial charge in [-0.05, 0) is 29.5 Å². The van der Waals surface area contributed by atoms with Gasteiger partial charge in [0.1, 0.15) is 18.8 Å². The van der Waals surface area contributed by atoms with Crippen molar-refractivity contribution in [1.29, 1.82) is 0 Å². The molecule has 8 heteroatoms. The minimum absolute atomic E-state index is 0.258. The van der Waals surface area contributed by atoms with Crippen molar-refractivity contribution in [2.45, 2.75) is 26.0 Å². The maximum Gasteiger partial charge on any atom is 0.302 e. The third kappa shape index (κ3) is 2.28. The number of fused-ring (bicyclic) bond motifs is 3. The van der Waals surface area contributed by atoms with Crippen molar-refractivity contribution in [3.63, 3.8) is 0 Å². The van der Waals surface area contributed by atoms with Gasteiger partial charge in [0.2, 0.25) is 0 Å². The van der Waals surface area contributed by atoms with Crippen molar-refractivity contribution in [3.8, 4) is 17.1 Å². The third-order valence-electron chi connectivity index (χ3n) is 3.39. The summed E-state index contributed by atoms with van der Waals surface area (Å²) in [7, 11) is 0. The van der Waals surface area contributed by atoms with Crippen molar-refractivity contribution in [1.82, 2.24) is 20.2 Å². The molecule has 21 heavy (non-hydrogen) atoms. The Hall–Kier alpha value is -2.64. The number of tetrazole rings is 1. The van der Waals surface area contributed by atoms with Crippen molar-refractivity contribution < 1.29 is 14.3 Å². The number of hydrogen-bond acceptors (Lipinski definition) is 7. The predicted molar refractivity (Wildman–Crippen MR) is 73.4 cm³/mol. The van der Waals surface area contributed by atoms with Crippen LogP contribution in [-0.4, -0.2) is 38.9 Å². The van der Waals surface area contributed by atoms with Crippen molar-refractivity contribution in [3.05, 3.63) is 18.2 Å². The first-order valence-electron chi connectivity index (χ1n) is 6.54. The lowest BCUT2D eigenvalue weighted by Crippen LogP contribution is -2.31. The molecule has 2 aromatic rings. The molecule has 110 valence electrons. The third-order valence-corrected chi connectivity index (χ3v) is 3.39. The van der Waals surface area contributed by atoms with Gasteiger partial charge in [-0.2, -0.15) is 0 Å². The number of nitrogens with zero attached hydrogens (tertiary/aromatic N) is 4. The van der Waals surface area contributed by atoms with Gasteiger partial charge in [0.25, 0.3) is 0 Å². The minimum Gasteiger partial charge on any atom is -0.488 e. The van der Waals surface area contributed by atoms with E-state index in [2.05, 4.69) is 15.5 Å². The fourth-order valence-electron chi connectivity index (χ4n) is 2.40. The summed E-state index contributed by atoms with van der Waals surface area (Å²) in [5.41, 5.74) is 7.19. The summed E-state index contributed by atoms with van der Waals surface area (Å²) in [5, 5.41) is 11.7. The molecule has 8 nitrogen and oxygen atoms in total. The van der Waals surface area contributed by atoms with Gasteiger partial charge >= 0.3 is 5.97 Å². The highest BCUT2D eigenvalue weighted by atomic mass is 16.5. The first kappa shape index (κ1) is 13.3. The number of nitrogen functional groups attached to an aromatic ring is 1. The number of rotatable bonds is 2. The molecule has 0 saturated carbocycles. The van der Waals surface area contributed by atoms with E-state index in [1.165, 1.54) is 6.92 Å². The molecule has 0 saturated heterocycles. The largest absolute Gasteiger partial charge is 0.488 e. The summed E-state index contributed by atoms with van der Waals surface area (Å²) in [6.07, 6.45) is -0.430. The molecular weight excluding hydrogens is 274 g/mol. The lowest BCUT2D eigenvalue weighted by Gasteiger charge is -2.22. The Morgan fingerprint density at radius 2 is 2.38 bits per heavy atom. The summed E-state index contributed by atoms with van der Waals surface area (Å²) in [6, 6.07) is 5.08. The monoisotopic (exact) mass is 289 g/mol. The summed E-state index contributed by atoms with van der Waals surface area (Å²) < 4.78 is 12.6. The number of nitrogens with two attached hydrogens (primary N) is 1. The zero-order valence-corrected chi connectivity index (χ0v) is 11.7. The summed E-state index contributed by atoms with van der Waals surface area (Å²) in [6.45, 7) is 3.40. The molecule has 3 rings (SSSR count). The zero-order chi connectivity index (χ0) is 15.0. The lowest BCUT2D eigenvalue weighted by molar-refractivity contribution is -0.148. The van der Waals surface area contributed by atoms with E-state index in [9.17, 15) is 4.79 Å². The van der Waals surface area contributed by atoms with Crippen LogP contribution in [0.2, 0.25) is 0 Å². The zero-order valence-electron chi connectivity index (χ0n) is 11.7. The number of benzene rings is 1. The minimum atomic E-state index is -0.430. The fourth-order valence-corrected chi connectivity index (χ4v) is 2.40. The first-order valence-corrected chi connectivity index (χ1v) is 6.54. The fraction of sp³-hybridized carbons (Fsp3) is 0.385. The number of carbonyl (C=O) groups excluding carboxylic acids is 1. The van der Waals surface area contributed by atoms with E-state index in [-0.39, 0.29) is 18.6 Å². The van der Waals surface area contributed by atoms with Gasteiger partial charge in [-0.1, -0.05) is 6.07 Å². The molecule has 0 fully saturated rings. The quantitative estimate of drug-likeness (QED) is 0.644. The van der Waals surface area contributed by atoms with Crippen LogP contribution in [0.25, 0.3) is 11.4 Å². The number of esters is 1. The van der Waals surface area contributed by atoms with Gasteiger partial charge in [-0.25, -0.2) is 4.68 Å². The first-order chi connectivity index (χ1) is 10.1. The van der Waals surface area contributed by atoms with E-state index >= 15 is 0 Å². The maximum absolute atomic E-state index is 11.2. The van der Waals surface area contributed by atoms with Crippen LogP contribution in [0.4, 0.5) is 5.69 Å². The molecule has 0 radical (unpaired) electrons. The Kier molecular flexibility index (Phi) is 3.20. The van der Waals surface area contributed by atoms with Crippen molar-refractivity contribution >= 4 is 11.7 Å². The smallest absolute Gasteiger partial charge is 0.302 e. The molecule has 0 unspecified atom stereocenters. The molecule has 0 spiro atoms. The van der Waals surface area contributed by atoms with Gasteiger partial charge in [-0.3, -0.25) is 4.79 Å². The number of ether oxygens (including phenoxy) is 2. The Balaban J connectivity index is 2.05. The van der Waals surface area contributed by atoms with E-state index < -0.39 is 6.10 Å². The molecular formula is C13H15N5O3. The van der Waals surface area contributed by atoms with Crippen LogP contribution >= 0.6 is 0 Å². The normalized spacial score (nSPS) is 17.9. The van der Waals surface area contributed by atoms with Gasteiger partial charge in [0, 0.05) is 6.92 Å². The standard InChI is InChI=1S/C13H15N5O3/c1-7(21-8(2)19)11-6-20-12-9(4-3-5-10(12)14)13-15-16-17-18(11)13/h3-5,7,11H,6,14H2,1-2H3/t7-,11-/m0/s1. The molecule has 2 N–H and O–H groups in total. The Morgan fingerprint density at radius 3 is 3.14 bits per heavy atom. The number of para-hydroxylation sites is 1. The SMILES string of the molecule is CC(=O)O[C@@H](C)[C@@H]1COc2c(N)cccc2-c2nnnn21. The van der Waals surface area contributed by atoms with E-state index in [0.29, 0.717) is 17.3 Å². The number of hydrogen-bond donors (Lipinski definition) is 1. The van der Waals surface area contributed by atoms with E-state index in [1.807, 2.05) is 12.1 Å². The number of aromatic nitrogens is 4. The van der Waals surface area contributed by atoms with Crippen LogP contribution in [-0.2, 0) is 9.53 Å². The van der Waals surface area contributed by atoms with Crippen LogP contribution in [0.1, 0.15) is 19.9 Å². The van der Waals surface area contributed by atoms with E-state index in [1.54, 1.807) is 17.7 Å². The topological polar surface area (TPSA) is 105 Å².